The molecule has 0 saturated heterocycles. The van der Waals surface area contributed by atoms with Crippen LogP contribution in [-0.2, 0) is 9.53 Å². The Hall–Kier alpha value is -1.86. The van der Waals surface area contributed by atoms with Crippen molar-refractivity contribution in [2.75, 3.05) is 19.0 Å². The number of hydrogen-bond acceptors (Lipinski definition) is 5. The summed E-state index contributed by atoms with van der Waals surface area (Å²) in [7, 11) is 1.32. The van der Waals surface area contributed by atoms with Gasteiger partial charge in [0, 0.05) is 9.35 Å². The number of thiophene rings is 1. The van der Waals surface area contributed by atoms with Gasteiger partial charge in [0.15, 0.2) is 6.61 Å². The van der Waals surface area contributed by atoms with Gasteiger partial charge in [-0.15, -0.1) is 11.3 Å². The number of rotatable bonds is 5. The second-order valence-electron chi connectivity index (χ2n) is 4.77. The highest BCUT2D eigenvalue weighted by molar-refractivity contribution is 9.10. The molecule has 0 aliphatic heterocycles. The molecule has 2 rings (SSSR count). The van der Waals surface area contributed by atoms with Crippen LogP contribution in [0.3, 0.4) is 0 Å². The van der Waals surface area contributed by atoms with E-state index in [2.05, 4.69) is 21.2 Å². The van der Waals surface area contributed by atoms with Gasteiger partial charge in [-0.3, -0.25) is 4.79 Å². The molecule has 0 spiro atoms. The predicted molar refractivity (Wildman–Crippen MR) is 93.4 cm³/mol. The average molecular weight is 398 g/mol. The topological polar surface area (TPSA) is 64.6 Å². The van der Waals surface area contributed by atoms with Crippen LogP contribution in [0.15, 0.2) is 28.7 Å². The van der Waals surface area contributed by atoms with Crippen LogP contribution in [0.4, 0.5) is 5.00 Å². The Kier molecular flexibility index (Phi) is 5.79. The molecule has 122 valence electrons. The Labute approximate surface area is 146 Å². The van der Waals surface area contributed by atoms with Crippen molar-refractivity contribution >= 4 is 44.1 Å². The van der Waals surface area contributed by atoms with Crippen LogP contribution < -0.4 is 10.1 Å². The van der Waals surface area contributed by atoms with Gasteiger partial charge in [0.2, 0.25) is 0 Å². The number of esters is 1. The molecule has 0 aliphatic carbocycles. The maximum atomic E-state index is 12.1. The summed E-state index contributed by atoms with van der Waals surface area (Å²) in [5.74, 6) is -0.215. The van der Waals surface area contributed by atoms with Crippen LogP contribution in [0.5, 0.6) is 5.75 Å². The van der Waals surface area contributed by atoms with Crippen LogP contribution in [0, 0.1) is 13.8 Å². The molecule has 0 fully saturated rings. The maximum Gasteiger partial charge on any atom is 0.341 e. The Balaban J connectivity index is 2.06. The quantitative estimate of drug-likeness (QED) is 0.776. The van der Waals surface area contributed by atoms with Crippen molar-refractivity contribution in [3.05, 3.63) is 44.7 Å². The highest BCUT2D eigenvalue weighted by Gasteiger charge is 2.21. The monoisotopic (exact) mass is 397 g/mol. The van der Waals surface area contributed by atoms with E-state index in [4.69, 9.17) is 9.47 Å². The van der Waals surface area contributed by atoms with Crippen molar-refractivity contribution in [2.45, 2.75) is 13.8 Å². The van der Waals surface area contributed by atoms with E-state index in [1.807, 2.05) is 26.0 Å². The molecular formula is C16H16BrNO4S. The number of carbonyl (C=O) groups is 2. The first-order valence-electron chi connectivity index (χ1n) is 6.79. The number of halogens is 1. The van der Waals surface area contributed by atoms with Crippen LogP contribution in [0.1, 0.15) is 20.8 Å². The molecule has 0 atom stereocenters. The van der Waals surface area contributed by atoms with Crippen LogP contribution >= 0.6 is 27.3 Å². The largest absolute Gasteiger partial charge is 0.484 e. The highest BCUT2D eigenvalue weighted by Crippen LogP contribution is 2.32. The van der Waals surface area contributed by atoms with Gasteiger partial charge in [-0.1, -0.05) is 22.0 Å². The third-order valence-corrected chi connectivity index (χ3v) is 4.81. The fourth-order valence-corrected chi connectivity index (χ4v) is 3.37. The fraction of sp³-hybridized carbons (Fsp3) is 0.250. The molecule has 7 heteroatoms. The molecule has 2 aromatic rings. The number of aryl methyl sites for hydroxylation is 1. The molecule has 0 radical (unpaired) electrons. The van der Waals surface area contributed by atoms with Crippen molar-refractivity contribution in [1.82, 2.24) is 0 Å². The fourth-order valence-electron chi connectivity index (χ4n) is 1.93. The minimum absolute atomic E-state index is 0.146. The average Bonchev–Trinajstić information content (AvgIpc) is 2.79. The van der Waals surface area contributed by atoms with Gasteiger partial charge in [0.1, 0.15) is 10.8 Å². The van der Waals surface area contributed by atoms with Crippen molar-refractivity contribution < 1.29 is 19.1 Å². The summed E-state index contributed by atoms with van der Waals surface area (Å²) < 4.78 is 11.1. The smallest absolute Gasteiger partial charge is 0.341 e. The molecule has 1 aromatic carbocycles. The summed E-state index contributed by atoms with van der Waals surface area (Å²) in [6.07, 6.45) is 0. The maximum absolute atomic E-state index is 12.1. The van der Waals surface area contributed by atoms with E-state index in [0.717, 1.165) is 14.9 Å². The van der Waals surface area contributed by atoms with Gasteiger partial charge >= 0.3 is 5.97 Å². The zero-order valence-electron chi connectivity index (χ0n) is 12.9. The van der Waals surface area contributed by atoms with Gasteiger partial charge in [0.25, 0.3) is 5.91 Å². The lowest BCUT2D eigenvalue weighted by molar-refractivity contribution is -0.118. The number of hydrogen-bond donors (Lipinski definition) is 1. The first-order valence-corrected chi connectivity index (χ1v) is 8.40. The van der Waals surface area contributed by atoms with E-state index >= 15 is 0 Å². The number of ether oxygens (including phenoxy) is 2. The Morgan fingerprint density at radius 1 is 1.30 bits per heavy atom. The lowest BCUT2D eigenvalue weighted by atomic mass is 10.1. The van der Waals surface area contributed by atoms with Gasteiger partial charge in [0.05, 0.1) is 12.7 Å². The van der Waals surface area contributed by atoms with Gasteiger partial charge in [-0.25, -0.2) is 4.79 Å². The Morgan fingerprint density at radius 3 is 2.70 bits per heavy atom. The zero-order valence-corrected chi connectivity index (χ0v) is 15.3. The SMILES string of the molecule is COC(=O)c1c(NC(=O)COc2cccc(Br)c2)sc(C)c1C. The van der Waals surface area contributed by atoms with Crippen molar-refractivity contribution in [2.24, 2.45) is 0 Å². The molecule has 1 amide bonds. The molecule has 23 heavy (non-hydrogen) atoms. The van der Waals surface area contributed by atoms with Gasteiger partial charge < -0.3 is 14.8 Å². The Bertz CT molecular complexity index is 742. The number of carbonyl (C=O) groups excluding carboxylic acids is 2. The van der Waals surface area contributed by atoms with E-state index in [1.165, 1.54) is 18.4 Å². The number of benzene rings is 1. The summed E-state index contributed by atoms with van der Waals surface area (Å²) >= 11 is 4.68. The second kappa shape index (κ2) is 7.61. The molecule has 1 N–H and O–H groups in total. The van der Waals surface area contributed by atoms with Gasteiger partial charge in [-0.2, -0.15) is 0 Å². The summed E-state index contributed by atoms with van der Waals surface area (Å²) in [6, 6.07) is 7.22. The van der Waals surface area contributed by atoms with Crippen molar-refractivity contribution in [3.8, 4) is 5.75 Å². The lowest BCUT2D eigenvalue weighted by Crippen LogP contribution is -2.21. The first-order chi connectivity index (χ1) is 10.9. The minimum atomic E-state index is -0.463. The third kappa shape index (κ3) is 4.33. The second-order valence-corrected chi connectivity index (χ2v) is 6.91. The van der Waals surface area contributed by atoms with E-state index in [9.17, 15) is 9.59 Å². The molecule has 0 unspecified atom stereocenters. The molecule has 5 nitrogen and oxygen atoms in total. The summed E-state index contributed by atoms with van der Waals surface area (Å²) in [4.78, 5) is 24.9. The third-order valence-electron chi connectivity index (χ3n) is 3.19. The number of anilines is 1. The summed E-state index contributed by atoms with van der Waals surface area (Å²) in [5.41, 5.74) is 1.20. The minimum Gasteiger partial charge on any atom is -0.484 e. The number of methoxy groups -OCH3 is 1. The normalized spacial score (nSPS) is 10.3. The van der Waals surface area contributed by atoms with Gasteiger partial charge in [-0.05, 0) is 37.6 Å². The molecule has 0 aliphatic rings. The number of amides is 1. The highest BCUT2D eigenvalue weighted by atomic mass is 79.9. The zero-order chi connectivity index (χ0) is 17.0. The van der Waals surface area contributed by atoms with E-state index in [0.29, 0.717) is 16.3 Å². The molecule has 0 saturated carbocycles. The molecule has 1 heterocycles. The lowest BCUT2D eigenvalue weighted by Gasteiger charge is -2.08. The first kappa shape index (κ1) is 17.5. The van der Waals surface area contributed by atoms with E-state index in [-0.39, 0.29) is 12.5 Å². The summed E-state index contributed by atoms with van der Waals surface area (Å²) in [5, 5.41) is 3.20. The standard InChI is InChI=1S/C16H16BrNO4S/c1-9-10(2)23-15(14(9)16(20)21-3)18-13(19)8-22-12-6-4-5-11(17)7-12/h4-7H,8H2,1-3H3,(H,18,19). The van der Waals surface area contributed by atoms with E-state index < -0.39 is 5.97 Å². The van der Waals surface area contributed by atoms with E-state index in [1.54, 1.807) is 12.1 Å². The van der Waals surface area contributed by atoms with Crippen molar-refractivity contribution in [3.63, 3.8) is 0 Å². The van der Waals surface area contributed by atoms with Crippen LogP contribution in [-0.4, -0.2) is 25.6 Å². The molecule has 0 bridgehead atoms. The predicted octanol–water partition coefficient (Wildman–Crippen LogP) is 3.93. The molecular weight excluding hydrogens is 382 g/mol. The number of nitrogens with one attached hydrogen (secondary N) is 1. The Morgan fingerprint density at radius 2 is 2.04 bits per heavy atom. The van der Waals surface area contributed by atoms with Crippen molar-refractivity contribution in [1.29, 1.82) is 0 Å². The van der Waals surface area contributed by atoms with Crippen LogP contribution in [0.2, 0.25) is 0 Å². The van der Waals surface area contributed by atoms with Crippen LogP contribution in [0.25, 0.3) is 0 Å². The summed E-state index contributed by atoms with van der Waals surface area (Å²) in [6.45, 7) is 3.57. The molecule has 1 aromatic heterocycles.